The summed E-state index contributed by atoms with van der Waals surface area (Å²) in [5.41, 5.74) is 1.31. The first-order valence-electron chi connectivity index (χ1n) is 12.8. The predicted octanol–water partition coefficient (Wildman–Crippen LogP) is 5.59. The monoisotopic (exact) mass is 456 g/mol. The van der Waals surface area contributed by atoms with E-state index < -0.39 is 6.04 Å². The number of piperidine rings is 1. The van der Waals surface area contributed by atoms with Gasteiger partial charge in [-0.05, 0) is 49.3 Å². The van der Waals surface area contributed by atoms with Gasteiger partial charge in [-0.2, -0.15) is 0 Å². The quantitative estimate of drug-likeness (QED) is 0.607. The second-order valence-electron chi connectivity index (χ2n) is 11.4. The summed E-state index contributed by atoms with van der Waals surface area (Å²) in [4.78, 5) is 41.0. The molecule has 0 spiro atoms. The smallest absolute Gasteiger partial charge is 0.251 e. The number of Topliss-reactive ketones (excluding diaryl/α,β-unsaturated/α-hetero) is 1. The highest BCUT2D eigenvalue weighted by molar-refractivity contribution is 5.98. The van der Waals surface area contributed by atoms with Crippen molar-refractivity contribution in [1.29, 1.82) is 0 Å². The Kier molecular flexibility index (Phi) is 8.36. The number of amides is 2. The molecule has 2 aliphatic rings. The Hall–Kier alpha value is -2.17. The van der Waals surface area contributed by atoms with E-state index in [1.165, 1.54) is 6.42 Å². The van der Waals surface area contributed by atoms with Crippen LogP contribution in [0.15, 0.2) is 24.3 Å². The van der Waals surface area contributed by atoms with E-state index >= 15 is 0 Å². The van der Waals surface area contributed by atoms with Gasteiger partial charge < -0.3 is 10.2 Å². The van der Waals surface area contributed by atoms with E-state index in [9.17, 15) is 14.4 Å². The zero-order valence-electron chi connectivity index (χ0n) is 21.2. The minimum atomic E-state index is -0.406. The van der Waals surface area contributed by atoms with Gasteiger partial charge in [-0.3, -0.25) is 14.4 Å². The Labute approximate surface area is 201 Å². The summed E-state index contributed by atoms with van der Waals surface area (Å²) < 4.78 is 0. The second kappa shape index (κ2) is 10.8. The van der Waals surface area contributed by atoms with Crippen molar-refractivity contribution in [2.75, 3.05) is 13.1 Å². The Morgan fingerprint density at radius 2 is 1.73 bits per heavy atom. The molecule has 1 aromatic rings. The third-order valence-corrected chi connectivity index (χ3v) is 7.25. The van der Waals surface area contributed by atoms with Gasteiger partial charge in [0.15, 0.2) is 5.78 Å². The van der Waals surface area contributed by atoms with E-state index in [1.807, 2.05) is 57.7 Å². The number of nitrogens with zero attached hydrogens (tertiary/aromatic N) is 1. The van der Waals surface area contributed by atoms with Crippen LogP contribution in [0.25, 0.3) is 0 Å². The van der Waals surface area contributed by atoms with Crippen molar-refractivity contribution >= 4 is 17.6 Å². The number of nitrogens with one attached hydrogen (secondary N) is 1. The first-order valence-corrected chi connectivity index (χ1v) is 12.8. The molecule has 0 radical (unpaired) electrons. The normalized spacial score (nSPS) is 21.0. The van der Waals surface area contributed by atoms with Crippen LogP contribution in [-0.2, 0) is 9.59 Å². The van der Waals surface area contributed by atoms with E-state index in [2.05, 4.69) is 11.4 Å². The van der Waals surface area contributed by atoms with Gasteiger partial charge in [-0.25, -0.2) is 0 Å². The van der Waals surface area contributed by atoms with E-state index in [4.69, 9.17) is 0 Å². The van der Waals surface area contributed by atoms with Crippen molar-refractivity contribution in [2.45, 2.75) is 91.5 Å². The molecule has 33 heavy (non-hydrogen) atoms. The molecule has 1 aliphatic heterocycles. The largest absolute Gasteiger partial charge is 0.342 e. The van der Waals surface area contributed by atoms with Gasteiger partial charge in [-0.15, -0.1) is 0 Å². The Morgan fingerprint density at radius 1 is 1.03 bits per heavy atom. The lowest BCUT2D eigenvalue weighted by Crippen LogP contribution is -2.48. The number of carbonyl (C=O) groups is 3. The van der Waals surface area contributed by atoms with Crippen LogP contribution in [0, 0.1) is 17.3 Å². The summed E-state index contributed by atoms with van der Waals surface area (Å²) >= 11 is 0. The number of hydrogen-bond donors (Lipinski definition) is 1. The van der Waals surface area contributed by atoms with E-state index in [0.717, 1.165) is 50.6 Å². The van der Waals surface area contributed by atoms with Crippen molar-refractivity contribution < 1.29 is 15.8 Å². The molecule has 5 heteroatoms. The lowest BCUT2D eigenvalue weighted by Gasteiger charge is -2.36. The molecular formula is C28H44N2O3. The Bertz CT molecular complexity index is 855. The van der Waals surface area contributed by atoms with Crippen LogP contribution >= 0.6 is 0 Å². The van der Waals surface area contributed by atoms with Crippen molar-refractivity contribution in [3.63, 3.8) is 0 Å². The highest BCUT2D eigenvalue weighted by atomic mass is 16.2. The fraction of sp³-hybridized carbons (Fsp3) is 0.679. The molecule has 1 aromatic carbocycles. The van der Waals surface area contributed by atoms with Crippen molar-refractivity contribution in [3.05, 3.63) is 35.4 Å². The van der Waals surface area contributed by atoms with Gasteiger partial charge >= 0.3 is 0 Å². The predicted molar refractivity (Wildman–Crippen MR) is 134 cm³/mol. The summed E-state index contributed by atoms with van der Waals surface area (Å²) in [6, 6.07) is 7.37. The minimum absolute atomic E-state index is 0. The summed E-state index contributed by atoms with van der Waals surface area (Å²) in [6.07, 6.45) is 7.45. The fourth-order valence-corrected chi connectivity index (χ4v) is 5.31. The van der Waals surface area contributed by atoms with Gasteiger partial charge in [0.25, 0.3) is 5.91 Å². The van der Waals surface area contributed by atoms with Crippen LogP contribution in [0.3, 0.4) is 0 Å². The standard InChI is InChI=1S/C28H42N2O3.H2/c1-19(2)25(31)24(20-11-7-6-8-12-20)29-26(32)22-14-9-13-21(17-22)23-15-10-16-30(18-23)27(33)28(3,4)5;/h9,13-14,17,19-20,23-24H,6-8,10-12,15-16,18H2,1-5H3,(H,29,32);1H/t23-,24-;/m1./s1. The molecule has 0 aromatic heterocycles. The SMILES string of the molecule is CC(C)C(=O)[C@H](NC(=O)c1cccc([C@@H]2CCCN(C(=O)C(C)(C)C)C2)c1)C1CCCCC1.[HH]. The zero-order valence-corrected chi connectivity index (χ0v) is 21.2. The average molecular weight is 457 g/mol. The molecule has 0 bridgehead atoms. The van der Waals surface area contributed by atoms with Crippen LogP contribution in [0.2, 0.25) is 0 Å². The summed E-state index contributed by atoms with van der Waals surface area (Å²) in [5, 5.41) is 3.11. The molecule has 1 aliphatic carbocycles. The number of likely N-dealkylation sites (tertiary alicyclic amines) is 1. The maximum Gasteiger partial charge on any atom is 0.251 e. The van der Waals surface area contributed by atoms with Crippen molar-refractivity contribution in [3.8, 4) is 0 Å². The molecule has 2 atom stereocenters. The van der Waals surface area contributed by atoms with Crippen LogP contribution in [0.5, 0.6) is 0 Å². The van der Waals surface area contributed by atoms with Gasteiger partial charge in [0, 0.05) is 37.3 Å². The molecule has 1 heterocycles. The highest BCUT2D eigenvalue weighted by Gasteiger charge is 2.33. The van der Waals surface area contributed by atoms with Gasteiger partial charge in [0.05, 0.1) is 6.04 Å². The molecule has 2 fully saturated rings. The van der Waals surface area contributed by atoms with E-state index in [0.29, 0.717) is 12.1 Å². The first kappa shape index (κ1) is 25.5. The third kappa shape index (κ3) is 6.45. The molecule has 2 amide bonds. The number of hydrogen-bond acceptors (Lipinski definition) is 3. The second-order valence-corrected chi connectivity index (χ2v) is 11.4. The molecule has 0 unspecified atom stereocenters. The molecule has 1 saturated heterocycles. The first-order chi connectivity index (χ1) is 15.6. The van der Waals surface area contributed by atoms with Crippen LogP contribution in [0.4, 0.5) is 0 Å². The lowest BCUT2D eigenvalue weighted by atomic mass is 9.80. The number of benzene rings is 1. The van der Waals surface area contributed by atoms with E-state index in [-0.39, 0.29) is 42.2 Å². The zero-order chi connectivity index (χ0) is 24.2. The molecule has 184 valence electrons. The molecule has 3 rings (SSSR count). The summed E-state index contributed by atoms with van der Waals surface area (Å²) in [6.45, 7) is 11.2. The van der Waals surface area contributed by atoms with Gasteiger partial charge in [0.2, 0.25) is 5.91 Å². The summed E-state index contributed by atoms with van der Waals surface area (Å²) in [7, 11) is 0. The van der Waals surface area contributed by atoms with Gasteiger partial charge in [0.1, 0.15) is 0 Å². The lowest BCUT2D eigenvalue weighted by molar-refractivity contribution is -0.140. The average Bonchev–Trinajstić information content (AvgIpc) is 2.81. The maximum atomic E-state index is 13.2. The fourth-order valence-electron chi connectivity index (χ4n) is 5.31. The number of ketones is 1. The number of carbonyl (C=O) groups excluding carboxylic acids is 3. The minimum Gasteiger partial charge on any atom is -0.342 e. The molecular weight excluding hydrogens is 412 g/mol. The molecule has 1 N–H and O–H groups in total. The van der Waals surface area contributed by atoms with Gasteiger partial charge in [-0.1, -0.05) is 66.0 Å². The maximum absolute atomic E-state index is 13.2. The Balaban J connectivity index is 0.00000408. The van der Waals surface area contributed by atoms with Crippen LogP contribution in [0.1, 0.15) is 103 Å². The topological polar surface area (TPSA) is 66.5 Å². The van der Waals surface area contributed by atoms with Crippen molar-refractivity contribution in [1.82, 2.24) is 10.2 Å². The highest BCUT2D eigenvalue weighted by Crippen LogP contribution is 2.31. The third-order valence-electron chi connectivity index (χ3n) is 7.25. The van der Waals surface area contributed by atoms with Crippen LogP contribution < -0.4 is 5.32 Å². The number of rotatable bonds is 6. The van der Waals surface area contributed by atoms with Crippen LogP contribution in [-0.4, -0.2) is 41.6 Å². The molecule has 1 saturated carbocycles. The van der Waals surface area contributed by atoms with Crippen molar-refractivity contribution in [2.24, 2.45) is 17.3 Å². The molecule has 5 nitrogen and oxygen atoms in total. The van der Waals surface area contributed by atoms with E-state index in [1.54, 1.807) is 0 Å². The Morgan fingerprint density at radius 3 is 2.36 bits per heavy atom. The summed E-state index contributed by atoms with van der Waals surface area (Å²) in [5.74, 6) is 0.510.